The van der Waals surface area contributed by atoms with Gasteiger partial charge in [-0.3, -0.25) is 9.59 Å². The molecule has 1 aromatic carbocycles. The second-order valence-corrected chi connectivity index (χ2v) is 6.91. The van der Waals surface area contributed by atoms with Crippen LogP contribution in [0.4, 0.5) is 10.2 Å². The van der Waals surface area contributed by atoms with Crippen molar-refractivity contribution in [1.29, 1.82) is 0 Å². The first-order valence-electron chi connectivity index (χ1n) is 8.44. The molecular formula is C19H22FN3O2. The van der Waals surface area contributed by atoms with Gasteiger partial charge in [0, 0.05) is 44.4 Å². The van der Waals surface area contributed by atoms with Crippen molar-refractivity contribution in [3.63, 3.8) is 0 Å². The van der Waals surface area contributed by atoms with Gasteiger partial charge in [0.15, 0.2) is 5.82 Å². The average molecular weight is 343 g/mol. The molecule has 3 rings (SSSR count). The number of carbonyl (C=O) groups is 1. The maximum Gasteiger partial charge on any atom is 0.293 e. The highest BCUT2D eigenvalue weighted by Crippen LogP contribution is 2.34. The molecule has 1 saturated heterocycles. The van der Waals surface area contributed by atoms with Crippen LogP contribution in [0.5, 0.6) is 0 Å². The predicted octanol–water partition coefficient (Wildman–Crippen LogP) is 2.34. The summed E-state index contributed by atoms with van der Waals surface area (Å²) in [5, 5.41) is 0. The molecule has 0 saturated carbocycles. The molecule has 0 amide bonds. The molecular weight excluding hydrogens is 321 g/mol. The van der Waals surface area contributed by atoms with Gasteiger partial charge in [-0.25, -0.2) is 9.37 Å². The van der Waals surface area contributed by atoms with E-state index >= 15 is 0 Å². The first kappa shape index (κ1) is 17.3. The molecule has 5 nitrogen and oxygen atoms in total. The minimum absolute atomic E-state index is 0.0474. The highest BCUT2D eigenvalue weighted by atomic mass is 19.1. The van der Waals surface area contributed by atoms with Crippen LogP contribution in [-0.2, 0) is 18.3 Å². The maximum atomic E-state index is 13.8. The fourth-order valence-corrected chi connectivity index (χ4v) is 3.22. The Morgan fingerprint density at radius 3 is 2.64 bits per heavy atom. The largest absolute Gasteiger partial charge is 0.352 e. The van der Waals surface area contributed by atoms with Crippen molar-refractivity contribution >= 4 is 11.6 Å². The number of rotatable bonds is 4. The monoisotopic (exact) mass is 343 g/mol. The molecule has 132 valence electrons. The molecule has 0 bridgehead atoms. The summed E-state index contributed by atoms with van der Waals surface area (Å²) in [7, 11) is 1.69. The van der Waals surface area contributed by atoms with E-state index < -0.39 is 5.41 Å². The zero-order chi connectivity index (χ0) is 18.0. The number of halogens is 1. The number of aromatic nitrogens is 2. The molecule has 1 aliphatic rings. The summed E-state index contributed by atoms with van der Waals surface area (Å²) in [5.74, 6) is 0.133. The van der Waals surface area contributed by atoms with Gasteiger partial charge in [0.25, 0.3) is 5.56 Å². The summed E-state index contributed by atoms with van der Waals surface area (Å²) in [5.41, 5.74) is -0.197. The van der Waals surface area contributed by atoms with E-state index in [9.17, 15) is 14.0 Å². The zero-order valence-electron chi connectivity index (χ0n) is 14.5. The highest BCUT2D eigenvalue weighted by Gasteiger charge is 2.37. The third kappa shape index (κ3) is 3.48. The van der Waals surface area contributed by atoms with Crippen molar-refractivity contribution in [2.45, 2.75) is 26.2 Å². The Balaban J connectivity index is 1.70. The smallest absolute Gasteiger partial charge is 0.293 e. The number of hydrogen-bond donors (Lipinski definition) is 0. The lowest BCUT2D eigenvalue weighted by Crippen LogP contribution is -2.45. The quantitative estimate of drug-likeness (QED) is 0.855. The van der Waals surface area contributed by atoms with Crippen molar-refractivity contribution in [2.24, 2.45) is 12.5 Å². The van der Waals surface area contributed by atoms with Gasteiger partial charge in [-0.05, 0) is 24.5 Å². The number of piperidine rings is 1. The number of aryl methyl sites for hydroxylation is 1. The Kier molecular flexibility index (Phi) is 4.70. The third-order valence-corrected chi connectivity index (χ3v) is 5.15. The number of carbonyl (C=O) groups excluding carboxylic acids is 1. The van der Waals surface area contributed by atoms with Crippen LogP contribution in [0.25, 0.3) is 0 Å². The molecule has 6 heteroatoms. The molecule has 1 fully saturated rings. The van der Waals surface area contributed by atoms with Crippen LogP contribution in [-0.4, -0.2) is 28.4 Å². The first-order valence-corrected chi connectivity index (χ1v) is 8.44. The van der Waals surface area contributed by atoms with Crippen LogP contribution in [0.15, 0.2) is 41.5 Å². The van der Waals surface area contributed by atoms with Crippen LogP contribution in [0, 0.1) is 11.2 Å². The summed E-state index contributed by atoms with van der Waals surface area (Å²) in [6.07, 6.45) is 4.58. The molecule has 0 unspecified atom stereocenters. The van der Waals surface area contributed by atoms with E-state index in [4.69, 9.17) is 0 Å². The summed E-state index contributed by atoms with van der Waals surface area (Å²) in [4.78, 5) is 31.1. The van der Waals surface area contributed by atoms with Crippen LogP contribution in [0.3, 0.4) is 0 Å². The molecule has 1 aliphatic heterocycles. The lowest BCUT2D eigenvalue weighted by molar-refractivity contribution is -0.128. The molecule has 0 atom stereocenters. The first-order chi connectivity index (χ1) is 11.9. The number of hydrogen-bond acceptors (Lipinski definition) is 4. The Morgan fingerprint density at radius 1 is 1.28 bits per heavy atom. The molecule has 0 aliphatic carbocycles. The van der Waals surface area contributed by atoms with Crippen molar-refractivity contribution in [2.75, 3.05) is 18.0 Å². The molecule has 0 radical (unpaired) electrons. The average Bonchev–Trinajstić information content (AvgIpc) is 2.60. The van der Waals surface area contributed by atoms with Gasteiger partial charge >= 0.3 is 0 Å². The summed E-state index contributed by atoms with van der Waals surface area (Å²) < 4.78 is 15.3. The van der Waals surface area contributed by atoms with Gasteiger partial charge in [-0.2, -0.15) is 0 Å². The molecule has 0 N–H and O–H groups in total. The topological polar surface area (TPSA) is 55.2 Å². The fraction of sp³-hybridized carbons (Fsp3) is 0.421. The molecule has 2 heterocycles. The van der Waals surface area contributed by atoms with Gasteiger partial charge in [0.05, 0.1) is 0 Å². The summed E-state index contributed by atoms with van der Waals surface area (Å²) >= 11 is 0. The van der Waals surface area contributed by atoms with Gasteiger partial charge in [0.2, 0.25) is 0 Å². The molecule has 0 spiro atoms. The lowest BCUT2D eigenvalue weighted by Gasteiger charge is -2.38. The van der Waals surface area contributed by atoms with E-state index in [0.29, 0.717) is 37.3 Å². The van der Waals surface area contributed by atoms with Gasteiger partial charge in [0.1, 0.15) is 11.6 Å². The third-order valence-electron chi connectivity index (χ3n) is 5.15. The number of Topliss-reactive ketones (excluding diaryl/α,β-unsaturated/α-hetero) is 1. The van der Waals surface area contributed by atoms with Gasteiger partial charge in [-0.15, -0.1) is 0 Å². The number of anilines is 1. The van der Waals surface area contributed by atoms with Crippen LogP contribution in [0.2, 0.25) is 0 Å². The minimum atomic E-state index is -0.501. The van der Waals surface area contributed by atoms with Crippen LogP contribution >= 0.6 is 0 Å². The predicted molar refractivity (Wildman–Crippen MR) is 94.1 cm³/mol. The Labute approximate surface area is 146 Å². The molecule has 1 aromatic heterocycles. The Hall–Kier alpha value is -2.50. The van der Waals surface area contributed by atoms with Crippen molar-refractivity contribution in [3.05, 3.63) is 58.4 Å². The summed E-state index contributed by atoms with van der Waals surface area (Å²) in [6, 6.07) is 6.40. The summed E-state index contributed by atoms with van der Waals surface area (Å²) in [6.45, 7) is 3.11. The van der Waals surface area contributed by atoms with Crippen molar-refractivity contribution < 1.29 is 9.18 Å². The SMILES string of the molecule is Cn1ccnc(N2CCC(C)(C(=O)Cc3ccccc3F)CC2)c1=O. The highest BCUT2D eigenvalue weighted by molar-refractivity contribution is 5.86. The van der Waals surface area contributed by atoms with Gasteiger partial charge < -0.3 is 9.47 Å². The van der Waals surface area contributed by atoms with Crippen LogP contribution in [0.1, 0.15) is 25.3 Å². The number of benzene rings is 1. The van der Waals surface area contributed by atoms with E-state index in [1.165, 1.54) is 10.6 Å². The fourth-order valence-electron chi connectivity index (χ4n) is 3.22. The maximum absolute atomic E-state index is 13.8. The Bertz CT molecular complexity index is 839. The number of ketones is 1. The van der Waals surface area contributed by atoms with E-state index in [1.807, 2.05) is 11.8 Å². The standard InChI is InChI=1S/C19H22FN3O2/c1-19(16(24)13-14-5-3-4-6-15(14)20)7-10-23(11-8-19)17-18(25)22(2)12-9-21-17/h3-6,9,12H,7-8,10-11,13H2,1-2H3. The van der Waals surface area contributed by atoms with E-state index in [2.05, 4.69) is 4.98 Å². The van der Waals surface area contributed by atoms with E-state index in [1.54, 1.807) is 37.6 Å². The number of nitrogens with zero attached hydrogens (tertiary/aromatic N) is 3. The molecule has 2 aromatic rings. The normalized spacial score (nSPS) is 16.7. The second kappa shape index (κ2) is 6.78. The zero-order valence-corrected chi connectivity index (χ0v) is 14.5. The van der Waals surface area contributed by atoms with Crippen LogP contribution < -0.4 is 10.5 Å². The Morgan fingerprint density at radius 2 is 1.96 bits per heavy atom. The van der Waals surface area contributed by atoms with Gasteiger partial charge in [-0.1, -0.05) is 25.1 Å². The lowest BCUT2D eigenvalue weighted by atomic mass is 9.75. The second-order valence-electron chi connectivity index (χ2n) is 6.91. The minimum Gasteiger partial charge on any atom is -0.352 e. The molecule has 25 heavy (non-hydrogen) atoms. The van der Waals surface area contributed by atoms with E-state index in [-0.39, 0.29) is 23.6 Å². The van der Waals surface area contributed by atoms with Crippen molar-refractivity contribution in [1.82, 2.24) is 9.55 Å². The van der Waals surface area contributed by atoms with Crippen molar-refractivity contribution in [3.8, 4) is 0 Å². The van der Waals surface area contributed by atoms with E-state index in [0.717, 1.165) is 0 Å².